The maximum atomic E-state index is 13.0. The summed E-state index contributed by atoms with van der Waals surface area (Å²) in [5.74, 6) is -0.262. The first-order chi connectivity index (χ1) is 11.4. The molecule has 2 aromatic rings. The van der Waals surface area contributed by atoms with E-state index in [0.29, 0.717) is 29.6 Å². The Hall–Kier alpha value is -1.86. The summed E-state index contributed by atoms with van der Waals surface area (Å²) >= 11 is 0. The smallest absolute Gasteiger partial charge is 0.290 e. The largest absolute Gasteiger partial charge is 0.451 e. The zero-order valence-corrected chi connectivity index (χ0v) is 14.7. The first-order valence-electron chi connectivity index (χ1n) is 8.04. The monoisotopic (exact) mass is 350 g/mol. The summed E-state index contributed by atoms with van der Waals surface area (Å²) in [6.07, 6.45) is 3.05. The Kier molecular flexibility index (Phi) is 4.64. The van der Waals surface area contributed by atoms with Gasteiger partial charge in [-0.05, 0) is 26.0 Å². The maximum Gasteiger partial charge on any atom is 0.290 e. The van der Waals surface area contributed by atoms with E-state index in [1.54, 1.807) is 17.0 Å². The third-order valence-corrected chi connectivity index (χ3v) is 5.19. The number of carbonyl (C=O) groups excluding carboxylic acids is 1. The van der Waals surface area contributed by atoms with Crippen LogP contribution in [0.15, 0.2) is 28.7 Å². The second kappa shape index (κ2) is 6.57. The number of nitrogens with one attached hydrogen (secondary N) is 1. The molecule has 24 heavy (non-hydrogen) atoms. The van der Waals surface area contributed by atoms with Gasteiger partial charge in [0.15, 0.2) is 15.6 Å². The predicted octanol–water partition coefficient (Wildman–Crippen LogP) is 1.80. The molecular formula is C17H22N2O4S. The van der Waals surface area contributed by atoms with Gasteiger partial charge in [0.1, 0.15) is 5.58 Å². The lowest BCUT2D eigenvalue weighted by Crippen LogP contribution is -2.41. The van der Waals surface area contributed by atoms with Crippen LogP contribution >= 0.6 is 0 Å². The van der Waals surface area contributed by atoms with Gasteiger partial charge < -0.3 is 14.6 Å². The minimum atomic E-state index is -3.28. The highest BCUT2D eigenvalue weighted by atomic mass is 32.2. The molecule has 7 heteroatoms. The molecule has 0 aliphatic carbocycles. The predicted molar refractivity (Wildman–Crippen MR) is 92.7 cm³/mol. The minimum absolute atomic E-state index is 0.113. The SMILES string of the molecule is CNC[C@@H]1CCCN1C(=O)c1oc2ccccc2c1CS(C)(=O)=O. The van der Waals surface area contributed by atoms with Crippen LogP contribution in [-0.2, 0) is 15.6 Å². The van der Waals surface area contributed by atoms with Crippen molar-refractivity contribution in [3.8, 4) is 0 Å². The lowest BCUT2D eigenvalue weighted by atomic mass is 10.1. The molecule has 2 heterocycles. The van der Waals surface area contributed by atoms with E-state index in [-0.39, 0.29) is 23.5 Å². The van der Waals surface area contributed by atoms with Crippen molar-refractivity contribution in [1.82, 2.24) is 10.2 Å². The van der Waals surface area contributed by atoms with Gasteiger partial charge in [-0.25, -0.2) is 8.42 Å². The van der Waals surface area contributed by atoms with Crippen LogP contribution < -0.4 is 5.32 Å². The van der Waals surface area contributed by atoms with Crippen LogP contribution in [0.25, 0.3) is 11.0 Å². The molecule has 1 atom stereocenters. The number of sulfone groups is 1. The Labute approximate surface area is 141 Å². The first kappa shape index (κ1) is 17.0. The highest BCUT2D eigenvalue weighted by Gasteiger charge is 2.33. The Balaban J connectivity index is 2.04. The molecule has 0 radical (unpaired) electrons. The van der Waals surface area contributed by atoms with Crippen LogP contribution in [0.3, 0.4) is 0 Å². The number of likely N-dealkylation sites (N-methyl/N-ethyl adjacent to an activating group) is 1. The summed E-state index contributed by atoms with van der Waals surface area (Å²) in [5, 5.41) is 3.80. The third kappa shape index (κ3) is 3.32. The molecule has 1 saturated heterocycles. The summed E-state index contributed by atoms with van der Waals surface area (Å²) in [6.45, 7) is 1.38. The zero-order chi connectivity index (χ0) is 17.3. The van der Waals surface area contributed by atoms with Crippen molar-refractivity contribution in [3.05, 3.63) is 35.6 Å². The van der Waals surface area contributed by atoms with Crippen molar-refractivity contribution < 1.29 is 17.6 Å². The summed E-state index contributed by atoms with van der Waals surface area (Å²) in [4.78, 5) is 14.8. The second-order valence-corrected chi connectivity index (χ2v) is 8.47. The van der Waals surface area contributed by atoms with Crippen LogP contribution in [0.1, 0.15) is 29.0 Å². The van der Waals surface area contributed by atoms with E-state index in [1.807, 2.05) is 19.2 Å². The van der Waals surface area contributed by atoms with Crippen molar-refractivity contribution >= 4 is 26.7 Å². The topological polar surface area (TPSA) is 79.6 Å². The molecule has 6 nitrogen and oxygen atoms in total. The minimum Gasteiger partial charge on any atom is -0.451 e. The molecule has 1 aromatic carbocycles. The summed E-state index contributed by atoms with van der Waals surface area (Å²) < 4.78 is 29.4. The number of para-hydroxylation sites is 1. The van der Waals surface area contributed by atoms with Crippen LogP contribution in [0.2, 0.25) is 0 Å². The quantitative estimate of drug-likeness (QED) is 0.889. The molecule has 1 amide bonds. The van der Waals surface area contributed by atoms with E-state index in [4.69, 9.17) is 4.42 Å². The van der Waals surface area contributed by atoms with Crippen molar-refractivity contribution in [3.63, 3.8) is 0 Å². The molecule has 1 aromatic heterocycles. The molecule has 0 unspecified atom stereocenters. The highest BCUT2D eigenvalue weighted by molar-refractivity contribution is 7.89. The average molecular weight is 350 g/mol. The van der Waals surface area contributed by atoms with E-state index < -0.39 is 9.84 Å². The van der Waals surface area contributed by atoms with Gasteiger partial charge in [-0.2, -0.15) is 0 Å². The van der Waals surface area contributed by atoms with E-state index >= 15 is 0 Å². The second-order valence-electron chi connectivity index (χ2n) is 6.33. The molecular weight excluding hydrogens is 328 g/mol. The number of hydrogen-bond donors (Lipinski definition) is 1. The van der Waals surface area contributed by atoms with Crippen LogP contribution in [-0.4, -0.2) is 51.7 Å². The fourth-order valence-corrected chi connectivity index (χ4v) is 4.17. The average Bonchev–Trinajstić information content (AvgIpc) is 3.11. The number of rotatable bonds is 5. The Bertz CT molecular complexity index is 857. The lowest BCUT2D eigenvalue weighted by Gasteiger charge is -2.23. The molecule has 1 aliphatic heterocycles. The number of nitrogens with zero attached hydrogens (tertiary/aromatic N) is 1. The van der Waals surface area contributed by atoms with Crippen molar-refractivity contribution in [2.45, 2.75) is 24.6 Å². The zero-order valence-electron chi connectivity index (χ0n) is 13.9. The Morgan fingerprint density at radius 2 is 2.12 bits per heavy atom. The number of carbonyl (C=O) groups is 1. The van der Waals surface area contributed by atoms with Crippen molar-refractivity contribution in [2.24, 2.45) is 0 Å². The number of fused-ring (bicyclic) bond motifs is 1. The van der Waals surface area contributed by atoms with Gasteiger partial charge in [0.2, 0.25) is 0 Å². The van der Waals surface area contributed by atoms with Gasteiger partial charge in [-0.15, -0.1) is 0 Å². The van der Waals surface area contributed by atoms with E-state index in [1.165, 1.54) is 6.26 Å². The molecule has 1 N–H and O–H groups in total. The van der Waals surface area contributed by atoms with Crippen molar-refractivity contribution in [2.75, 3.05) is 26.4 Å². The van der Waals surface area contributed by atoms with E-state index in [2.05, 4.69) is 5.32 Å². The third-order valence-electron chi connectivity index (χ3n) is 4.38. The number of furan rings is 1. The molecule has 1 fully saturated rings. The van der Waals surface area contributed by atoms with E-state index in [0.717, 1.165) is 12.8 Å². The lowest BCUT2D eigenvalue weighted by molar-refractivity contribution is 0.0706. The number of benzene rings is 1. The molecule has 0 bridgehead atoms. The molecule has 0 spiro atoms. The Morgan fingerprint density at radius 3 is 2.83 bits per heavy atom. The van der Waals surface area contributed by atoms with Crippen LogP contribution in [0.4, 0.5) is 0 Å². The summed E-state index contributed by atoms with van der Waals surface area (Å²) in [7, 11) is -1.43. The number of hydrogen-bond acceptors (Lipinski definition) is 5. The van der Waals surface area contributed by atoms with Gasteiger partial charge in [0.05, 0.1) is 5.75 Å². The maximum absolute atomic E-state index is 13.0. The number of amides is 1. The first-order valence-corrected chi connectivity index (χ1v) is 10.1. The molecule has 130 valence electrons. The highest BCUT2D eigenvalue weighted by Crippen LogP contribution is 2.30. The van der Waals surface area contributed by atoms with Gasteiger partial charge in [-0.1, -0.05) is 18.2 Å². The summed E-state index contributed by atoms with van der Waals surface area (Å²) in [6, 6.07) is 7.29. The molecule has 3 rings (SSSR count). The standard InChI is InChI=1S/C17H22N2O4S/c1-18-10-12-6-5-9-19(12)17(20)16-14(11-24(2,21)22)13-7-3-4-8-15(13)23-16/h3-4,7-8,12,18H,5-6,9-11H2,1-2H3/t12-/m0/s1. The van der Waals surface area contributed by atoms with Gasteiger partial charge >= 0.3 is 0 Å². The van der Waals surface area contributed by atoms with Gasteiger partial charge in [0.25, 0.3) is 5.91 Å². The molecule has 1 aliphatic rings. The van der Waals surface area contributed by atoms with Crippen LogP contribution in [0, 0.1) is 0 Å². The number of likely N-dealkylation sites (tertiary alicyclic amines) is 1. The van der Waals surface area contributed by atoms with Gasteiger partial charge in [0, 0.05) is 36.3 Å². The fraction of sp³-hybridized carbons (Fsp3) is 0.471. The van der Waals surface area contributed by atoms with Gasteiger partial charge in [-0.3, -0.25) is 4.79 Å². The fourth-order valence-electron chi connectivity index (χ4n) is 3.36. The van der Waals surface area contributed by atoms with E-state index in [9.17, 15) is 13.2 Å². The normalized spacial score (nSPS) is 18.4. The Morgan fingerprint density at radius 1 is 1.38 bits per heavy atom. The van der Waals surface area contributed by atoms with Crippen molar-refractivity contribution in [1.29, 1.82) is 0 Å². The van der Waals surface area contributed by atoms with Crippen LogP contribution in [0.5, 0.6) is 0 Å². The molecule has 0 saturated carbocycles. The summed E-state index contributed by atoms with van der Waals surface area (Å²) in [5.41, 5.74) is 1.01.